The summed E-state index contributed by atoms with van der Waals surface area (Å²) in [4.78, 5) is 12.1. The lowest BCUT2D eigenvalue weighted by atomic mass is 10.1. The first-order valence-corrected chi connectivity index (χ1v) is 6.43. The monoisotopic (exact) mass is 311 g/mol. The topological polar surface area (TPSA) is 69.6 Å². The third-order valence-electron chi connectivity index (χ3n) is 2.72. The number of amides is 1. The predicted octanol–water partition coefficient (Wildman–Crippen LogP) is 3.97. The van der Waals surface area contributed by atoms with E-state index in [1.54, 1.807) is 13.0 Å². The number of aromatic hydroxyl groups is 2. The summed E-state index contributed by atoms with van der Waals surface area (Å²) in [7, 11) is 0. The van der Waals surface area contributed by atoms with E-state index in [-0.39, 0.29) is 17.1 Å². The second-order valence-electron chi connectivity index (χ2n) is 4.24. The fourth-order valence-electron chi connectivity index (χ4n) is 1.64. The highest BCUT2D eigenvalue weighted by Gasteiger charge is 2.14. The Morgan fingerprint density at radius 2 is 1.80 bits per heavy atom. The molecule has 2 aromatic rings. The Morgan fingerprint density at radius 3 is 2.50 bits per heavy atom. The van der Waals surface area contributed by atoms with Gasteiger partial charge in [-0.25, -0.2) is 0 Å². The molecule has 0 saturated carbocycles. The van der Waals surface area contributed by atoms with Crippen LogP contribution < -0.4 is 5.32 Å². The maximum atomic E-state index is 12.1. The number of hydrogen-bond acceptors (Lipinski definition) is 3. The molecular weight excluding hydrogens is 301 g/mol. The molecule has 0 aliphatic carbocycles. The second-order valence-corrected chi connectivity index (χ2v) is 5.05. The highest BCUT2D eigenvalue weighted by Crippen LogP contribution is 2.30. The van der Waals surface area contributed by atoms with Crippen molar-refractivity contribution in [3.8, 4) is 11.5 Å². The van der Waals surface area contributed by atoms with Crippen LogP contribution in [0, 0.1) is 6.92 Å². The number of anilines is 1. The van der Waals surface area contributed by atoms with Crippen LogP contribution in [0.1, 0.15) is 15.9 Å². The highest BCUT2D eigenvalue weighted by molar-refractivity contribution is 6.36. The molecule has 1 amide bonds. The van der Waals surface area contributed by atoms with Gasteiger partial charge in [0, 0.05) is 5.02 Å². The van der Waals surface area contributed by atoms with Crippen LogP contribution in [0.25, 0.3) is 0 Å². The molecule has 2 aromatic carbocycles. The van der Waals surface area contributed by atoms with Crippen LogP contribution in [-0.2, 0) is 0 Å². The maximum absolute atomic E-state index is 12.1. The van der Waals surface area contributed by atoms with E-state index in [1.807, 2.05) is 0 Å². The van der Waals surface area contributed by atoms with Crippen molar-refractivity contribution < 1.29 is 15.0 Å². The number of rotatable bonds is 2. The Labute approximate surface area is 125 Å². The number of halogens is 2. The molecule has 20 heavy (non-hydrogen) atoms. The van der Waals surface area contributed by atoms with Crippen LogP contribution in [0.2, 0.25) is 10.0 Å². The smallest absolute Gasteiger partial charge is 0.259 e. The molecule has 4 nitrogen and oxygen atoms in total. The van der Waals surface area contributed by atoms with Crippen molar-refractivity contribution in [2.75, 3.05) is 5.32 Å². The standard InChI is InChI=1S/C14H11Cl2NO3/c1-7-4-11(16)12(6-10(7)15)17-14(20)9-5-8(18)2-3-13(9)19/h2-6,18-19H,1H3,(H,17,20). The molecule has 0 fully saturated rings. The molecule has 0 aromatic heterocycles. The molecule has 2 rings (SSSR count). The molecule has 3 N–H and O–H groups in total. The van der Waals surface area contributed by atoms with Crippen molar-refractivity contribution >= 4 is 34.8 Å². The summed E-state index contributed by atoms with van der Waals surface area (Å²) >= 11 is 12.0. The number of phenolic OH excluding ortho intramolecular Hbond substituents is 2. The zero-order valence-electron chi connectivity index (χ0n) is 10.4. The molecule has 104 valence electrons. The molecule has 0 atom stereocenters. The maximum Gasteiger partial charge on any atom is 0.259 e. The van der Waals surface area contributed by atoms with Crippen molar-refractivity contribution in [2.45, 2.75) is 6.92 Å². The Morgan fingerprint density at radius 1 is 1.10 bits per heavy atom. The number of benzene rings is 2. The first-order valence-electron chi connectivity index (χ1n) is 5.67. The number of nitrogens with one attached hydrogen (secondary N) is 1. The van der Waals surface area contributed by atoms with E-state index in [4.69, 9.17) is 23.2 Å². The van der Waals surface area contributed by atoms with Crippen LogP contribution in [0.5, 0.6) is 11.5 Å². The van der Waals surface area contributed by atoms with Crippen molar-refractivity contribution in [3.05, 3.63) is 51.5 Å². The van der Waals surface area contributed by atoms with Gasteiger partial charge < -0.3 is 15.5 Å². The number of aryl methyl sites for hydroxylation is 1. The van der Waals surface area contributed by atoms with Crippen molar-refractivity contribution in [1.29, 1.82) is 0 Å². The van der Waals surface area contributed by atoms with Crippen LogP contribution >= 0.6 is 23.2 Å². The Bertz CT molecular complexity index is 686. The molecule has 0 heterocycles. The van der Waals surface area contributed by atoms with E-state index in [9.17, 15) is 15.0 Å². The van der Waals surface area contributed by atoms with Gasteiger partial charge in [-0.15, -0.1) is 0 Å². The summed E-state index contributed by atoms with van der Waals surface area (Å²) in [5, 5.41) is 22.3. The van der Waals surface area contributed by atoms with E-state index in [0.717, 1.165) is 11.6 Å². The molecule has 0 radical (unpaired) electrons. The van der Waals surface area contributed by atoms with Gasteiger partial charge in [0.05, 0.1) is 16.3 Å². The van der Waals surface area contributed by atoms with E-state index in [0.29, 0.717) is 15.7 Å². The highest BCUT2D eigenvalue weighted by atomic mass is 35.5. The SMILES string of the molecule is Cc1cc(Cl)c(NC(=O)c2cc(O)ccc2O)cc1Cl. The minimum Gasteiger partial charge on any atom is -0.508 e. The van der Waals surface area contributed by atoms with Crippen molar-refractivity contribution in [3.63, 3.8) is 0 Å². The molecular formula is C14H11Cl2NO3. The lowest BCUT2D eigenvalue weighted by Gasteiger charge is -2.10. The third kappa shape index (κ3) is 2.98. The molecule has 0 saturated heterocycles. The molecule has 6 heteroatoms. The number of hydrogen-bond donors (Lipinski definition) is 3. The van der Waals surface area contributed by atoms with Gasteiger partial charge in [0.1, 0.15) is 11.5 Å². The molecule has 0 unspecified atom stereocenters. The molecule has 0 spiro atoms. The average molecular weight is 312 g/mol. The fraction of sp³-hybridized carbons (Fsp3) is 0.0714. The van der Waals surface area contributed by atoms with Crippen LogP contribution in [0.4, 0.5) is 5.69 Å². The summed E-state index contributed by atoms with van der Waals surface area (Å²) in [5.74, 6) is -0.962. The number of phenols is 2. The minimum absolute atomic E-state index is 0.0576. The molecule has 0 aliphatic heterocycles. The largest absolute Gasteiger partial charge is 0.508 e. The summed E-state index contributed by atoms with van der Waals surface area (Å²) in [6, 6.07) is 6.82. The Hall–Kier alpha value is -1.91. The summed E-state index contributed by atoms with van der Waals surface area (Å²) in [5.41, 5.74) is 1.06. The molecule has 0 aliphatic rings. The first-order chi connectivity index (χ1) is 9.38. The van der Waals surface area contributed by atoms with Gasteiger partial charge in [0.25, 0.3) is 5.91 Å². The minimum atomic E-state index is -0.597. The second kappa shape index (κ2) is 5.61. The van der Waals surface area contributed by atoms with Gasteiger partial charge >= 0.3 is 0 Å². The average Bonchev–Trinajstić information content (AvgIpc) is 2.38. The third-order valence-corrected chi connectivity index (χ3v) is 3.44. The van der Waals surface area contributed by atoms with E-state index in [1.165, 1.54) is 18.2 Å². The van der Waals surface area contributed by atoms with Gasteiger partial charge in [-0.3, -0.25) is 4.79 Å². The first kappa shape index (κ1) is 14.5. The van der Waals surface area contributed by atoms with Crippen LogP contribution in [0.3, 0.4) is 0 Å². The van der Waals surface area contributed by atoms with E-state index >= 15 is 0 Å². The van der Waals surface area contributed by atoms with Crippen molar-refractivity contribution in [2.24, 2.45) is 0 Å². The number of carbonyl (C=O) groups excluding carboxylic acids is 1. The van der Waals surface area contributed by atoms with Gasteiger partial charge in [0.2, 0.25) is 0 Å². The summed E-state index contributed by atoms with van der Waals surface area (Å²) < 4.78 is 0. The fourth-order valence-corrected chi connectivity index (χ4v) is 2.07. The van der Waals surface area contributed by atoms with Crippen molar-refractivity contribution in [1.82, 2.24) is 0 Å². The predicted molar refractivity (Wildman–Crippen MR) is 78.9 cm³/mol. The van der Waals surface area contributed by atoms with Gasteiger partial charge in [-0.1, -0.05) is 23.2 Å². The van der Waals surface area contributed by atoms with Gasteiger partial charge in [-0.05, 0) is 42.8 Å². The summed E-state index contributed by atoms with van der Waals surface area (Å²) in [6.45, 7) is 1.79. The van der Waals surface area contributed by atoms with E-state index in [2.05, 4.69) is 5.32 Å². The number of carbonyl (C=O) groups is 1. The van der Waals surface area contributed by atoms with E-state index < -0.39 is 5.91 Å². The normalized spacial score (nSPS) is 10.3. The Kier molecular flexibility index (Phi) is 4.06. The summed E-state index contributed by atoms with van der Waals surface area (Å²) in [6.07, 6.45) is 0. The zero-order valence-corrected chi connectivity index (χ0v) is 12.0. The van der Waals surface area contributed by atoms with Crippen LogP contribution in [0.15, 0.2) is 30.3 Å². The quantitative estimate of drug-likeness (QED) is 0.735. The lowest BCUT2D eigenvalue weighted by molar-refractivity contribution is 0.102. The zero-order chi connectivity index (χ0) is 14.9. The van der Waals surface area contributed by atoms with Crippen LogP contribution in [-0.4, -0.2) is 16.1 Å². The molecule has 0 bridgehead atoms. The lowest BCUT2D eigenvalue weighted by Crippen LogP contribution is -2.12. The Balaban J connectivity index is 2.32. The van der Waals surface area contributed by atoms with Gasteiger partial charge in [0.15, 0.2) is 0 Å². The van der Waals surface area contributed by atoms with Gasteiger partial charge in [-0.2, -0.15) is 0 Å².